The van der Waals surface area contributed by atoms with Crippen molar-refractivity contribution in [1.82, 2.24) is 15.0 Å². The van der Waals surface area contributed by atoms with Gasteiger partial charge in [-0.05, 0) is 31.5 Å². The van der Waals surface area contributed by atoms with Crippen molar-refractivity contribution in [3.63, 3.8) is 0 Å². The molecule has 1 aliphatic rings. The molecule has 110 valence electrons. The summed E-state index contributed by atoms with van der Waals surface area (Å²) in [5.41, 5.74) is 0. The van der Waals surface area contributed by atoms with Gasteiger partial charge in [-0.1, -0.05) is 0 Å². The van der Waals surface area contributed by atoms with E-state index in [1.165, 1.54) is 5.41 Å². The molecule has 0 spiro atoms. The number of halogens is 1. The Morgan fingerprint density at radius 1 is 1.35 bits per heavy atom. The van der Waals surface area contributed by atoms with E-state index >= 15 is 0 Å². The lowest BCUT2D eigenvalue weighted by atomic mass is 10.3. The molecule has 0 saturated carbocycles. The summed E-state index contributed by atoms with van der Waals surface area (Å²) in [4.78, 5) is 14.2. The molecular formula is C11H16ClN5O2S. The lowest BCUT2D eigenvalue weighted by Crippen LogP contribution is -2.26. The van der Waals surface area contributed by atoms with Crippen LogP contribution in [0.5, 0.6) is 0 Å². The van der Waals surface area contributed by atoms with Gasteiger partial charge in [-0.2, -0.15) is 15.0 Å². The van der Waals surface area contributed by atoms with Crippen molar-refractivity contribution in [3.05, 3.63) is 16.8 Å². The summed E-state index contributed by atoms with van der Waals surface area (Å²) in [6.45, 7) is 5.46. The molecule has 1 aromatic heterocycles. The van der Waals surface area contributed by atoms with Crippen LogP contribution in [0.1, 0.15) is 13.8 Å². The quantitative estimate of drug-likeness (QED) is 0.869. The monoisotopic (exact) mass is 317 g/mol. The number of nitrogens with one attached hydrogen (secondary N) is 1. The number of hydrogen-bond acceptors (Lipinski definition) is 7. The van der Waals surface area contributed by atoms with E-state index in [0.29, 0.717) is 5.95 Å². The van der Waals surface area contributed by atoms with Crippen LogP contribution in [0, 0.1) is 0 Å². The van der Waals surface area contributed by atoms with Crippen molar-refractivity contribution < 1.29 is 8.42 Å². The summed E-state index contributed by atoms with van der Waals surface area (Å²) >= 11 is 5.88. The fourth-order valence-corrected chi connectivity index (χ4v) is 3.27. The molecule has 1 atom stereocenters. The van der Waals surface area contributed by atoms with Crippen LogP contribution in [-0.4, -0.2) is 48.3 Å². The van der Waals surface area contributed by atoms with Gasteiger partial charge in [-0.25, -0.2) is 8.42 Å². The normalized spacial score (nSPS) is 20.1. The third-order valence-electron chi connectivity index (χ3n) is 2.89. The molecule has 1 aliphatic heterocycles. The fourth-order valence-electron chi connectivity index (χ4n) is 1.88. The van der Waals surface area contributed by atoms with Gasteiger partial charge < -0.3 is 10.2 Å². The first kappa shape index (κ1) is 15.0. The Kier molecular flexibility index (Phi) is 4.44. The molecule has 0 bridgehead atoms. The minimum Gasteiger partial charge on any atom is -0.347 e. The van der Waals surface area contributed by atoms with E-state index in [9.17, 15) is 8.42 Å². The highest BCUT2D eigenvalue weighted by molar-refractivity contribution is 7.94. The molecule has 0 fully saturated rings. The second-order valence-electron chi connectivity index (χ2n) is 4.31. The number of nitrogens with zero attached hydrogens (tertiary/aromatic N) is 4. The van der Waals surface area contributed by atoms with E-state index in [4.69, 9.17) is 11.6 Å². The van der Waals surface area contributed by atoms with E-state index in [1.54, 1.807) is 6.08 Å². The summed E-state index contributed by atoms with van der Waals surface area (Å²) in [6.07, 6.45) is 1.57. The summed E-state index contributed by atoms with van der Waals surface area (Å²) in [5.74, 6) is 0.748. The van der Waals surface area contributed by atoms with Gasteiger partial charge in [0, 0.05) is 18.5 Å². The standard InChI is InChI=1S/C11H16ClN5O2S/c1-3-17(4-2)11-15-9(12)14-10(16-11)13-8-5-6-20(18,19)7-8/h5-6,8H,3-4,7H2,1-2H3,(H,13,14,15,16). The first-order valence-corrected chi connectivity index (χ1v) is 8.37. The average molecular weight is 318 g/mol. The van der Waals surface area contributed by atoms with Crippen LogP contribution < -0.4 is 10.2 Å². The van der Waals surface area contributed by atoms with Gasteiger partial charge in [0.05, 0.1) is 11.8 Å². The molecule has 0 saturated heterocycles. The topological polar surface area (TPSA) is 88.1 Å². The molecule has 7 nitrogen and oxygen atoms in total. The molecule has 0 aliphatic carbocycles. The smallest absolute Gasteiger partial charge is 0.231 e. The maximum atomic E-state index is 11.4. The Labute approximate surface area is 123 Å². The van der Waals surface area contributed by atoms with E-state index < -0.39 is 9.84 Å². The van der Waals surface area contributed by atoms with E-state index in [2.05, 4.69) is 20.3 Å². The zero-order valence-electron chi connectivity index (χ0n) is 11.2. The second kappa shape index (κ2) is 5.92. The summed E-state index contributed by atoms with van der Waals surface area (Å²) in [7, 11) is -3.12. The molecular weight excluding hydrogens is 302 g/mol. The average Bonchev–Trinajstić information content (AvgIpc) is 2.69. The van der Waals surface area contributed by atoms with E-state index in [-0.39, 0.29) is 23.0 Å². The van der Waals surface area contributed by atoms with Gasteiger partial charge >= 0.3 is 0 Å². The number of aromatic nitrogens is 3. The zero-order valence-corrected chi connectivity index (χ0v) is 12.8. The molecule has 1 N–H and O–H groups in total. The highest BCUT2D eigenvalue weighted by Crippen LogP contribution is 2.16. The van der Waals surface area contributed by atoms with Gasteiger partial charge in [-0.15, -0.1) is 0 Å². The zero-order chi connectivity index (χ0) is 14.8. The minimum atomic E-state index is -3.12. The molecule has 2 heterocycles. The van der Waals surface area contributed by atoms with Gasteiger partial charge in [0.25, 0.3) is 0 Å². The van der Waals surface area contributed by atoms with Crippen LogP contribution >= 0.6 is 11.6 Å². The van der Waals surface area contributed by atoms with Gasteiger partial charge in [0.1, 0.15) is 0 Å². The summed E-state index contributed by atoms with van der Waals surface area (Å²) in [6, 6.07) is -0.344. The first-order chi connectivity index (χ1) is 9.43. The van der Waals surface area contributed by atoms with Crippen LogP contribution in [-0.2, 0) is 9.84 Å². The Bertz CT molecular complexity index is 615. The second-order valence-corrected chi connectivity index (χ2v) is 6.58. The Balaban J connectivity index is 2.19. The van der Waals surface area contributed by atoms with Gasteiger partial charge in [-0.3, -0.25) is 0 Å². The lowest BCUT2D eigenvalue weighted by molar-refractivity contribution is 0.605. The number of hydrogen-bond donors (Lipinski definition) is 1. The Morgan fingerprint density at radius 2 is 2.05 bits per heavy atom. The highest BCUT2D eigenvalue weighted by atomic mass is 35.5. The van der Waals surface area contributed by atoms with E-state index in [0.717, 1.165) is 13.1 Å². The molecule has 9 heteroatoms. The van der Waals surface area contributed by atoms with Crippen molar-refractivity contribution in [3.8, 4) is 0 Å². The molecule has 0 radical (unpaired) electrons. The van der Waals surface area contributed by atoms with Crippen molar-refractivity contribution in [2.24, 2.45) is 0 Å². The number of anilines is 2. The summed E-state index contributed by atoms with van der Waals surface area (Å²) in [5, 5.41) is 4.21. The third kappa shape index (κ3) is 3.57. The van der Waals surface area contributed by atoms with Crippen molar-refractivity contribution in [2.75, 3.05) is 29.1 Å². The lowest BCUT2D eigenvalue weighted by Gasteiger charge is -2.19. The van der Waals surface area contributed by atoms with Crippen LogP contribution in [0.3, 0.4) is 0 Å². The first-order valence-electron chi connectivity index (χ1n) is 6.27. The van der Waals surface area contributed by atoms with Crippen LogP contribution in [0.15, 0.2) is 11.5 Å². The third-order valence-corrected chi connectivity index (χ3v) is 4.45. The number of sulfone groups is 1. The van der Waals surface area contributed by atoms with Crippen molar-refractivity contribution >= 4 is 33.3 Å². The molecule has 1 aromatic rings. The minimum absolute atomic E-state index is 0.00307. The maximum Gasteiger partial charge on any atom is 0.231 e. The predicted molar refractivity (Wildman–Crippen MR) is 78.7 cm³/mol. The van der Waals surface area contributed by atoms with Crippen molar-refractivity contribution in [1.29, 1.82) is 0 Å². The van der Waals surface area contributed by atoms with Gasteiger partial charge in [0.2, 0.25) is 17.2 Å². The molecule has 1 unspecified atom stereocenters. The summed E-state index contributed by atoms with van der Waals surface area (Å²) < 4.78 is 22.7. The number of rotatable bonds is 5. The predicted octanol–water partition coefficient (Wildman–Crippen LogP) is 1.09. The Morgan fingerprint density at radius 3 is 2.60 bits per heavy atom. The van der Waals surface area contributed by atoms with E-state index in [1.807, 2.05) is 18.7 Å². The maximum absolute atomic E-state index is 11.4. The molecule has 0 aromatic carbocycles. The van der Waals surface area contributed by atoms with Crippen LogP contribution in [0.25, 0.3) is 0 Å². The fraction of sp³-hybridized carbons (Fsp3) is 0.545. The largest absolute Gasteiger partial charge is 0.347 e. The molecule has 2 rings (SSSR count). The van der Waals surface area contributed by atoms with Crippen LogP contribution in [0.4, 0.5) is 11.9 Å². The molecule has 0 amide bonds. The highest BCUT2D eigenvalue weighted by Gasteiger charge is 2.22. The van der Waals surface area contributed by atoms with Gasteiger partial charge in [0.15, 0.2) is 9.84 Å². The molecule has 20 heavy (non-hydrogen) atoms. The SMILES string of the molecule is CCN(CC)c1nc(Cl)nc(NC2C=CS(=O)(=O)C2)n1. The van der Waals surface area contributed by atoms with Crippen LogP contribution in [0.2, 0.25) is 5.28 Å². The van der Waals surface area contributed by atoms with Crippen molar-refractivity contribution in [2.45, 2.75) is 19.9 Å². The Hall–Kier alpha value is -1.41.